The Bertz CT molecular complexity index is 1080. The number of carbonyl (C=O) groups excluding carboxylic acids is 2. The number of benzene rings is 2. The summed E-state index contributed by atoms with van der Waals surface area (Å²) in [7, 11) is -3.65. The van der Waals surface area contributed by atoms with Crippen LogP contribution in [0.15, 0.2) is 41.3 Å². The molecule has 1 atom stereocenters. The summed E-state index contributed by atoms with van der Waals surface area (Å²) in [5, 5.41) is 2.82. The Morgan fingerprint density at radius 1 is 1.03 bits per heavy atom. The van der Waals surface area contributed by atoms with Crippen molar-refractivity contribution >= 4 is 27.6 Å². The first-order valence-electron chi connectivity index (χ1n) is 10.4. The summed E-state index contributed by atoms with van der Waals surface area (Å²) in [5.74, 6) is -1.15. The van der Waals surface area contributed by atoms with Gasteiger partial charge in [-0.3, -0.25) is 4.79 Å². The zero-order chi connectivity index (χ0) is 23.5. The topological polar surface area (TPSA) is 102 Å². The third-order valence-corrected chi connectivity index (χ3v) is 7.19. The summed E-state index contributed by atoms with van der Waals surface area (Å²) in [5.41, 5.74) is 3.80. The molecule has 2 aromatic rings. The minimum atomic E-state index is -3.65. The largest absolute Gasteiger partial charge is 0.449 e. The molecule has 0 radical (unpaired) electrons. The molecular formula is C23H28N2O6S. The number of hydrogen-bond donors (Lipinski definition) is 1. The van der Waals surface area contributed by atoms with Gasteiger partial charge in [-0.25, -0.2) is 13.2 Å². The lowest BCUT2D eigenvalue weighted by Crippen LogP contribution is -2.40. The maximum atomic E-state index is 12.7. The molecule has 2 aromatic carbocycles. The molecule has 1 fully saturated rings. The van der Waals surface area contributed by atoms with Crippen molar-refractivity contribution in [3.05, 3.63) is 58.7 Å². The summed E-state index contributed by atoms with van der Waals surface area (Å²) >= 11 is 0. The fourth-order valence-corrected chi connectivity index (χ4v) is 4.99. The van der Waals surface area contributed by atoms with E-state index in [0.29, 0.717) is 32.0 Å². The lowest BCUT2D eigenvalue weighted by atomic mass is 10.0. The molecule has 1 aliphatic heterocycles. The van der Waals surface area contributed by atoms with Crippen molar-refractivity contribution in [2.24, 2.45) is 0 Å². The van der Waals surface area contributed by atoms with Crippen molar-refractivity contribution in [2.75, 3.05) is 31.6 Å². The molecule has 0 spiro atoms. The molecule has 0 aliphatic carbocycles. The summed E-state index contributed by atoms with van der Waals surface area (Å²) < 4.78 is 37.2. The van der Waals surface area contributed by atoms with Crippen LogP contribution in [0, 0.1) is 20.8 Å². The number of esters is 1. The fourth-order valence-electron chi connectivity index (χ4n) is 3.58. The first-order valence-corrected chi connectivity index (χ1v) is 11.8. The Morgan fingerprint density at radius 2 is 1.59 bits per heavy atom. The van der Waals surface area contributed by atoms with Gasteiger partial charge in [0.1, 0.15) is 0 Å². The van der Waals surface area contributed by atoms with Crippen molar-refractivity contribution in [3.8, 4) is 0 Å². The number of rotatable bonds is 6. The second-order valence-corrected chi connectivity index (χ2v) is 9.79. The van der Waals surface area contributed by atoms with E-state index in [-0.39, 0.29) is 10.5 Å². The second-order valence-electron chi connectivity index (χ2n) is 7.85. The number of nitrogens with one attached hydrogen (secondary N) is 1. The molecule has 1 aliphatic rings. The van der Waals surface area contributed by atoms with Crippen LogP contribution in [0.25, 0.3) is 0 Å². The highest BCUT2D eigenvalue weighted by Crippen LogP contribution is 2.23. The number of anilines is 1. The van der Waals surface area contributed by atoms with Crippen molar-refractivity contribution < 1.29 is 27.5 Å². The van der Waals surface area contributed by atoms with Gasteiger partial charge in [-0.05, 0) is 63.1 Å². The molecule has 1 heterocycles. The molecule has 0 aromatic heterocycles. The maximum Gasteiger partial charge on any atom is 0.338 e. The number of nitrogens with zero attached hydrogens (tertiary/aromatic N) is 1. The highest BCUT2D eigenvalue weighted by molar-refractivity contribution is 7.89. The highest BCUT2D eigenvalue weighted by atomic mass is 32.2. The van der Waals surface area contributed by atoms with Gasteiger partial charge in [-0.15, -0.1) is 0 Å². The van der Waals surface area contributed by atoms with Crippen molar-refractivity contribution in [1.82, 2.24) is 4.31 Å². The van der Waals surface area contributed by atoms with Gasteiger partial charge >= 0.3 is 5.97 Å². The molecule has 8 nitrogen and oxygen atoms in total. The van der Waals surface area contributed by atoms with Crippen LogP contribution in [-0.2, 0) is 24.3 Å². The molecule has 3 rings (SSSR count). The Balaban J connectivity index is 1.64. The highest BCUT2D eigenvalue weighted by Gasteiger charge is 2.27. The third-order valence-electron chi connectivity index (χ3n) is 5.28. The summed E-state index contributed by atoms with van der Waals surface area (Å²) in [6, 6.07) is 9.43. The molecule has 172 valence electrons. The van der Waals surface area contributed by atoms with E-state index in [1.807, 2.05) is 32.9 Å². The molecule has 1 amide bonds. The van der Waals surface area contributed by atoms with Gasteiger partial charge in [0.2, 0.25) is 10.0 Å². The normalized spacial score (nSPS) is 15.8. The number of sulfonamides is 1. The molecule has 1 unspecified atom stereocenters. The van der Waals surface area contributed by atoms with Crippen LogP contribution in [0.2, 0.25) is 0 Å². The van der Waals surface area contributed by atoms with E-state index >= 15 is 0 Å². The van der Waals surface area contributed by atoms with E-state index in [1.165, 1.54) is 35.5 Å². The third kappa shape index (κ3) is 5.35. The van der Waals surface area contributed by atoms with Crippen molar-refractivity contribution in [2.45, 2.75) is 38.7 Å². The number of morpholine rings is 1. The van der Waals surface area contributed by atoms with E-state index in [0.717, 1.165) is 16.7 Å². The van der Waals surface area contributed by atoms with Gasteiger partial charge in [0.05, 0.1) is 23.7 Å². The summed E-state index contributed by atoms with van der Waals surface area (Å²) in [6.45, 7) is 8.56. The van der Waals surface area contributed by atoms with Gasteiger partial charge in [-0.2, -0.15) is 4.31 Å². The summed E-state index contributed by atoms with van der Waals surface area (Å²) in [4.78, 5) is 25.1. The minimum Gasteiger partial charge on any atom is -0.449 e. The van der Waals surface area contributed by atoms with Gasteiger partial charge in [0, 0.05) is 18.8 Å². The standard InChI is InChI=1S/C23H28N2O6S/c1-15-13-16(2)21(17(3)14-15)24-22(26)18(4)31-23(27)19-5-7-20(8-6-19)32(28,29)25-9-11-30-12-10-25/h5-8,13-14,18H,9-12H2,1-4H3,(H,24,26). The molecule has 0 bridgehead atoms. The van der Waals surface area contributed by atoms with Crippen molar-refractivity contribution in [1.29, 1.82) is 0 Å². The lowest BCUT2D eigenvalue weighted by Gasteiger charge is -2.26. The van der Waals surface area contributed by atoms with E-state index in [4.69, 9.17) is 9.47 Å². The predicted octanol–water partition coefficient (Wildman–Crippen LogP) is 2.82. The predicted molar refractivity (Wildman–Crippen MR) is 120 cm³/mol. The van der Waals surface area contributed by atoms with Gasteiger partial charge in [0.25, 0.3) is 5.91 Å². The van der Waals surface area contributed by atoms with E-state index in [1.54, 1.807) is 0 Å². The molecule has 1 N–H and O–H groups in total. The van der Waals surface area contributed by atoms with Crippen LogP contribution in [0.5, 0.6) is 0 Å². The molecule has 0 saturated carbocycles. The number of carbonyl (C=O) groups is 2. The van der Waals surface area contributed by atoms with E-state index in [9.17, 15) is 18.0 Å². The van der Waals surface area contributed by atoms with Crippen molar-refractivity contribution in [3.63, 3.8) is 0 Å². The van der Waals surface area contributed by atoms with Crippen LogP contribution in [0.1, 0.15) is 34.0 Å². The molecule has 32 heavy (non-hydrogen) atoms. The molecular weight excluding hydrogens is 432 g/mol. The van der Waals surface area contributed by atoms with E-state index in [2.05, 4.69) is 5.32 Å². The Hall–Kier alpha value is -2.75. The minimum absolute atomic E-state index is 0.0899. The quantitative estimate of drug-likeness (QED) is 0.665. The first-order chi connectivity index (χ1) is 15.1. The number of ether oxygens (including phenoxy) is 2. The van der Waals surface area contributed by atoms with Gasteiger partial charge < -0.3 is 14.8 Å². The van der Waals surface area contributed by atoms with Crippen LogP contribution in [0.3, 0.4) is 0 Å². The zero-order valence-electron chi connectivity index (χ0n) is 18.7. The SMILES string of the molecule is Cc1cc(C)c(NC(=O)C(C)OC(=O)c2ccc(S(=O)(=O)N3CCOCC3)cc2)c(C)c1. The second kappa shape index (κ2) is 9.81. The van der Waals surface area contributed by atoms with Crippen LogP contribution < -0.4 is 5.32 Å². The van der Waals surface area contributed by atoms with E-state index < -0.39 is 28.0 Å². The van der Waals surface area contributed by atoms with Crippen LogP contribution in [0.4, 0.5) is 5.69 Å². The number of hydrogen-bond acceptors (Lipinski definition) is 6. The maximum absolute atomic E-state index is 12.7. The lowest BCUT2D eigenvalue weighted by molar-refractivity contribution is -0.123. The summed E-state index contributed by atoms with van der Waals surface area (Å²) in [6.07, 6.45) is -1.03. The van der Waals surface area contributed by atoms with Gasteiger partial charge in [-0.1, -0.05) is 17.7 Å². The monoisotopic (exact) mass is 460 g/mol. The Kier molecular flexibility index (Phi) is 7.33. The van der Waals surface area contributed by atoms with Crippen LogP contribution >= 0.6 is 0 Å². The average molecular weight is 461 g/mol. The zero-order valence-corrected chi connectivity index (χ0v) is 19.5. The van der Waals surface area contributed by atoms with Gasteiger partial charge in [0.15, 0.2) is 6.10 Å². The number of amides is 1. The first kappa shape index (κ1) is 23.9. The Labute approximate surface area is 188 Å². The molecule has 9 heteroatoms. The Morgan fingerprint density at radius 3 is 2.16 bits per heavy atom. The smallest absolute Gasteiger partial charge is 0.338 e. The average Bonchev–Trinajstić information content (AvgIpc) is 2.76. The van der Waals surface area contributed by atoms with Crippen LogP contribution in [-0.4, -0.2) is 57.0 Å². The number of aryl methyl sites for hydroxylation is 3. The molecule has 1 saturated heterocycles. The fraction of sp³-hybridized carbons (Fsp3) is 0.391.